The minimum absolute atomic E-state index is 0.0252. The topological polar surface area (TPSA) is 52.7 Å². The first-order valence-electron chi connectivity index (χ1n) is 6.61. The lowest BCUT2D eigenvalue weighted by molar-refractivity contribution is -0.147. The third-order valence-corrected chi connectivity index (χ3v) is 3.72. The molecule has 0 aromatic rings. The summed E-state index contributed by atoms with van der Waals surface area (Å²) in [7, 11) is 3.43. The van der Waals surface area contributed by atoms with E-state index >= 15 is 0 Å². The van der Waals surface area contributed by atoms with Gasteiger partial charge in [0.25, 0.3) is 0 Å². The van der Waals surface area contributed by atoms with Gasteiger partial charge in [-0.05, 0) is 32.9 Å². The minimum atomic E-state index is -0.312. The van der Waals surface area contributed by atoms with Crippen LogP contribution in [0.4, 0.5) is 0 Å². The number of carbonyl (C=O) groups excluding carboxylic acids is 2. The minimum Gasteiger partial charge on any atom is -0.347 e. The Bertz CT molecular complexity index is 309. The van der Waals surface area contributed by atoms with Crippen LogP contribution < -0.4 is 5.32 Å². The van der Waals surface area contributed by atoms with Crippen molar-refractivity contribution in [2.45, 2.75) is 26.7 Å². The predicted molar refractivity (Wildman–Crippen MR) is 71.2 cm³/mol. The Morgan fingerprint density at radius 3 is 2.22 bits per heavy atom. The molecular formula is C13H25N3O2. The molecule has 0 aliphatic carbocycles. The van der Waals surface area contributed by atoms with E-state index in [9.17, 15) is 9.59 Å². The number of piperidine rings is 1. The molecule has 0 bridgehead atoms. The van der Waals surface area contributed by atoms with E-state index in [1.165, 1.54) is 4.90 Å². The highest BCUT2D eigenvalue weighted by Gasteiger charge is 2.37. The molecular weight excluding hydrogens is 230 g/mol. The monoisotopic (exact) mass is 255 g/mol. The fourth-order valence-electron chi connectivity index (χ4n) is 2.21. The van der Waals surface area contributed by atoms with Gasteiger partial charge in [-0.25, -0.2) is 0 Å². The molecule has 0 unspecified atom stereocenters. The number of hydrogen-bond acceptors (Lipinski definition) is 3. The number of nitrogens with one attached hydrogen (secondary N) is 1. The normalized spacial score (nSPS) is 18.2. The fourth-order valence-corrected chi connectivity index (χ4v) is 2.21. The maximum Gasteiger partial charge on any atom is 0.241 e. The van der Waals surface area contributed by atoms with Gasteiger partial charge in [-0.1, -0.05) is 6.92 Å². The summed E-state index contributed by atoms with van der Waals surface area (Å²) < 4.78 is 0. The highest BCUT2D eigenvalue weighted by atomic mass is 16.2. The average Bonchev–Trinajstić information content (AvgIpc) is 2.35. The van der Waals surface area contributed by atoms with Crippen LogP contribution in [0.15, 0.2) is 0 Å². The SMILES string of the molecule is CCN(CC(=O)N(C)C)C(=O)C1(C)CCNCC1. The maximum atomic E-state index is 12.5. The summed E-state index contributed by atoms with van der Waals surface area (Å²) in [6, 6.07) is 0. The Morgan fingerprint density at radius 1 is 1.22 bits per heavy atom. The quantitative estimate of drug-likeness (QED) is 0.787. The maximum absolute atomic E-state index is 12.5. The number of amides is 2. The molecule has 1 aliphatic rings. The van der Waals surface area contributed by atoms with Crippen LogP contribution in [0.3, 0.4) is 0 Å². The first-order chi connectivity index (χ1) is 8.40. The average molecular weight is 255 g/mol. The Kier molecular flexibility index (Phi) is 5.14. The third-order valence-electron chi connectivity index (χ3n) is 3.72. The predicted octanol–water partition coefficient (Wildman–Crippen LogP) is 0.313. The molecule has 0 aromatic carbocycles. The molecule has 1 aliphatic heterocycles. The van der Waals surface area contributed by atoms with E-state index in [1.807, 2.05) is 13.8 Å². The zero-order valence-electron chi connectivity index (χ0n) is 12.0. The molecule has 5 heteroatoms. The van der Waals surface area contributed by atoms with Gasteiger partial charge >= 0.3 is 0 Å². The lowest BCUT2D eigenvalue weighted by Gasteiger charge is -2.37. The smallest absolute Gasteiger partial charge is 0.241 e. The highest BCUT2D eigenvalue weighted by molar-refractivity contribution is 5.87. The van der Waals surface area contributed by atoms with Crippen molar-refractivity contribution in [1.82, 2.24) is 15.1 Å². The highest BCUT2D eigenvalue weighted by Crippen LogP contribution is 2.30. The summed E-state index contributed by atoms with van der Waals surface area (Å²) in [4.78, 5) is 27.5. The van der Waals surface area contributed by atoms with Crippen LogP contribution in [0.2, 0.25) is 0 Å². The summed E-state index contributed by atoms with van der Waals surface area (Å²) >= 11 is 0. The van der Waals surface area contributed by atoms with E-state index in [-0.39, 0.29) is 23.8 Å². The Morgan fingerprint density at radius 2 is 1.78 bits per heavy atom. The largest absolute Gasteiger partial charge is 0.347 e. The van der Waals surface area contributed by atoms with Crippen LogP contribution >= 0.6 is 0 Å². The van der Waals surface area contributed by atoms with Gasteiger partial charge in [0.15, 0.2) is 0 Å². The number of carbonyl (C=O) groups is 2. The molecule has 1 N–H and O–H groups in total. The Hall–Kier alpha value is -1.10. The molecule has 5 nitrogen and oxygen atoms in total. The second-order valence-corrected chi connectivity index (χ2v) is 5.42. The zero-order chi connectivity index (χ0) is 13.8. The molecule has 2 amide bonds. The molecule has 104 valence electrons. The number of likely N-dealkylation sites (N-methyl/N-ethyl adjacent to an activating group) is 2. The van der Waals surface area contributed by atoms with Crippen LogP contribution in [0, 0.1) is 5.41 Å². The van der Waals surface area contributed by atoms with Crippen LogP contribution in [-0.2, 0) is 9.59 Å². The van der Waals surface area contributed by atoms with Crippen LogP contribution in [0.1, 0.15) is 26.7 Å². The number of nitrogens with zero attached hydrogens (tertiary/aromatic N) is 2. The standard InChI is InChI=1S/C13H25N3O2/c1-5-16(10-11(17)15(3)4)12(18)13(2)6-8-14-9-7-13/h14H,5-10H2,1-4H3. The van der Waals surface area contributed by atoms with Crippen molar-refractivity contribution in [1.29, 1.82) is 0 Å². The van der Waals surface area contributed by atoms with Gasteiger partial charge in [0.1, 0.15) is 0 Å². The third kappa shape index (κ3) is 3.45. The van der Waals surface area contributed by atoms with Crippen LogP contribution in [-0.4, -0.2) is 61.9 Å². The van der Waals surface area contributed by atoms with Crippen molar-refractivity contribution >= 4 is 11.8 Å². The zero-order valence-corrected chi connectivity index (χ0v) is 12.0. The molecule has 0 spiro atoms. The van der Waals surface area contributed by atoms with Crippen molar-refractivity contribution in [2.24, 2.45) is 5.41 Å². The molecule has 1 rings (SSSR count). The lowest BCUT2D eigenvalue weighted by atomic mass is 9.79. The first kappa shape index (κ1) is 15.0. The molecule has 0 aromatic heterocycles. The second-order valence-electron chi connectivity index (χ2n) is 5.42. The van der Waals surface area contributed by atoms with E-state index in [1.54, 1.807) is 19.0 Å². The summed E-state index contributed by atoms with van der Waals surface area (Å²) in [5.41, 5.74) is -0.312. The van der Waals surface area contributed by atoms with E-state index in [4.69, 9.17) is 0 Å². The molecule has 0 saturated carbocycles. The van der Waals surface area contributed by atoms with Gasteiger partial charge in [-0.3, -0.25) is 9.59 Å². The van der Waals surface area contributed by atoms with Gasteiger partial charge in [0, 0.05) is 26.1 Å². The van der Waals surface area contributed by atoms with Crippen molar-refractivity contribution in [2.75, 3.05) is 40.3 Å². The molecule has 1 saturated heterocycles. The van der Waals surface area contributed by atoms with E-state index in [0.29, 0.717) is 6.54 Å². The second kappa shape index (κ2) is 6.18. The van der Waals surface area contributed by atoms with Gasteiger partial charge in [0.2, 0.25) is 11.8 Å². The summed E-state index contributed by atoms with van der Waals surface area (Å²) in [6.45, 7) is 6.46. The van der Waals surface area contributed by atoms with Crippen molar-refractivity contribution in [3.05, 3.63) is 0 Å². The Balaban J connectivity index is 2.69. The van der Waals surface area contributed by atoms with Crippen LogP contribution in [0.5, 0.6) is 0 Å². The summed E-state index contributed by atoms with van der Waals surface area (Å²) in [6.07, 6.45) is 1.69. The van der Waals surface area contributed by atoms with E-state index in [0.717, 1.165) is 25.9 Å². The molecule has 0 radical (unpaired) electrons. The molecule has 18 heavy (non-hydrogen) atoms. The number of rotatable bonds is 4. The van der Waals surface area contributed by atoms with Gasteiger partial charge in [0.05, 0.1) is 6.54 Å². The van der Waals surface area contributed by atoms with Crippen molar-refractivity contribution < 1.29 is 9.59 Å². The van der Waals surface area contributed by atoms with Crippen molar-refractivity contribution in [3.63, 3.8) is 0 Å². The van der Waals surface area contributed by atoms with E-state index in [2.05, 4.69) is 5.32 Å². The van der Waals surface area contributed by atoms with Crippen LogP contribution in [0.25, 0.3) is 0 Å². The lowest BCUT2D eigenvalue weighted by Crippen LogP contribution is -2.50. The van der Waals surface area contributed by atoms with Crippen molar-refractivity contribution in [3.8, 4) is 0 Å². The molecule has 1 heterocycles. The number of hydrogen-bond donors (Lipinski definition) is 1. The van der Waals surface area contributed by atoms with Gasteiger partial charge < -0.3 is 15.1 Å². The van der Waals surface area contributed by atoms with E-state index < -0.39 is 0 Å². The molecule has 0 atom stereocenters. The first-order valence-corrected chi connectivity index (χ1v) is 6.61. The summed E-state index contributed by atoms with van der Waals surface area (Å²) in [5, 5.41) is 3.26. The summed E-state index contributed by atoms with van der Waals surface area (Å²) in [5.74, 6) is 0.0874. The molecule has 1 fully saturated rings. The van der Waals surface area contributed by atoms with Gasteiger partial charge in [-0.15, -0.1) is 0 Å². The Labute approximate surface area is 110 Å². The van der Waals surface area contributed by atoms with Gasteiger partial charge in [-0.2, -0.15) is 0 Å². The fraction of sp³-hybridized carbons (Fsp3) is 0.846.